The minimum atomic E-state index is -1.03. The number of rotatable bonds is 7. The topological polar surface area (TPSA) is 108 Å². The molecule has 0 aliphatic carbocycles. The van der Waals surface area contributed by atoms with Gasteiger partial charge in [0.05, 0.1) is 0 Å². The van der Waals surface area contributed by atoms with Crippen molar-refractivity contribution in [3.05, 3.63) is 30.3 Å². The van der Waals surface area contributed by atoms with E-state index in [1.807, 2.05) is 0 Å². The molecule has 8 nitrogen and oxygen atoms in total. The largest absolute Gasteiger partial charge is 0.428 e. The van der Waals surface area contributed by atoms with Gasteiger partial charge in [-0.1, -0.05) is 18.2 Å². The standard InChI is InChI=1S/C15H17NO7S/c1-10(17)16-13(8-24-15(20)22-9-21-11(2)18)14(19)23-12-6-4-3-5-7-12/h3-7,13H,8-9H2,1-2H3,(H,16,17)/t13-/m0/s1. The first kappa shape index (κ1) is 19.5. The third kappa shape index (κ3) is 8.18. The van der Waals surface area contributed by atoms with E-state index in [0.717, 1.165) is 0 Å². The third-order valence-corrected chi connectivity index (χ3v) is 3.28. The first-order valence-corrected chi connectivity index (χ1v) is 7.84. The normalized spacial score (nSPS) is 11.1. The number of thioether (sulfide) groups is 1. The van der Waals surface area contributed by atoms with Gasteiger partial charge in [0.2, 0.25) is 12.7 Å². The molecule has 0 aromatic heterocycles. The Balaban J connectivity index is 2.52. The van der Waals surface area contributed by atoms with Crippen LogP contribution in [0.2, 0.25) is 0 Å². The van der Waals surface area contributed by atoms with Gasteiger partial charge in [-0.05, 0) is 23.9 Å². The van der Waals surface area contributed by atoms with Gasteiger partial charge in [0.15, 0.2) is 0 Å². The molecule has 0 radical (unpaired) electrons. The first-order valence-electron chi connectivity index (χ1n) is 6.85. The SMILES string of the molecule is CC(=O)N[C@@H](CSC(=O)OCOC(C)=O)C(=O)Oc1ccccc1. The second-order valence-electron chi connectivity index (χ2n) is 4.45. The van der Waals surface area contributed by atoms with Crippen LogP contribution in [-0.4, -0.2) is 41.7 Å². The van der Waals surface area contributed by atoms with Gasteiger partial charge in [-0.3, -0.25) is 9.59 Å². The number of esters is 2. The fourth-order valence-corrected chi connectivity index (χ4v) is 2.10. The summed E-state index contributed by atoms with van der Waals surface area (Å²) >= 11 is 0.649. The van der Waals surface area contributed by atoms with Crippen LogP contribution in [0.15, 0.2) is 30.3 Å². The Morgan fingerprint density at radius 3 is 2.33 bits per heavy atom. The van der Waals surface area contributed by atoms with Crippen LogP contribution in [0, 0.1) is 0 Å². The molecule has 0 fully saturated rings. The quantitative estimate of drug-likeness (QED) is 0.445. The molecule has 130 valence electrons. The maximum atomic E-state index is 12.1. The van der Waals surface area contributed by atoms with Gasteiger partial charge < -0.3 is 19.5 Å². The van der Waals surface area contributed by atoms with E-state index in [2.05, 4.69) is 14.8 Å². The van der Waals surface area contributed by atoms with Crippen molar-refractivity contribution in [2.45, 2.75) is 19.9 Å². The van der Waals surface area contributed by atoms with Crippen molar-refractivity contribution < 1.29 is 33.4 Å². The second kappa shape index (κ2) is 10.3. The fourth-order valence-electron chi connectivity index (χ4n) is 1.44. The smallest absolute Gasteiger partial charge is 0.370 e. The number of amides is 1. The van der Waals surface area contributed by atoms with Crippen molar-refractivity contribution in [3.63, 3.8) is 0 Å². The average molecular weight is 355 g/mol. The molecule has 0 saturated heterocycles. The Labute approximate surface area is 142 Å². The van der Waals surface area contributed by atoms with Crippen molar-refractivity contribution in [2.24, 2.45) is 0 Å². The predicted molar refractivity (Wildman–Crippen MR) is 85.3 cm³/mol. The van der Waals surface area contributed by atoms with Gasteiger partial charge in [0.25, 0.3) is 0 Å². The molecule has 1 rings (SSSR count). The fraction of sp³-hybridized carbons (Fsp3) is 0.333. The molecule has 1 N–H and O–H groups in total. The van der Waals surface area contributed by atoms with Gasteiger partial charge in [-0.2, -0.15) is 0 Å². The molecule has 0 aliphatic rings. The average Bonchev–Trinajstić information content (AvgIpc) is 2.51. The monoisotopic (exact) mass is 355 g/mol. The van der Waals surface area contributed by atoms with E-state index in [1.54, 1.807) is 30.3 Å². The molecule has 0 saturated carbocycles. The highest BCUT2D eigenvalue weighted by atomic mass is 32.2. The highest BCUT2D eigenvalue weighted by Gasteiger charge is 2.23. The molecule has 0 spiro atoms. The Hall–Kier alpha value is -2.55. The van der Waals surface area contributed by atoms with Crippen LogP contribution in [0.5, 0.6) is 5.75 Å². The zero-order valence-electron chi connectivity index (χ0n) is 13.1. The summed E-state index contributed by atoms with van der Waals surface area (Å²) in [6, 6.07) is 7.28. The van der Waals surface area contributed by atoms with E-state index in [4.69, 9.17) is 4.74 Å². The van der Waals surface area contributed by atoms with Gasteiger partial charge in [0.1, 0.15) is 11.8 Å². The molecule has 9 heteroatoms. The maximum Gasteiger partial charge on any atom is 0.370 e. The Morgan fingerprint density at radius 2 is 1.75 bits per heavy atom. The maximum absolute atomic E-state index is 12.1. The van der Waals surface area contributed by atoms with Crippen LogP contribution in [0.4, 0.5) is 4.79 Å². The molecular weight excluding hydrogens is 338 g/mol. The van der Waals surface area contributed by atoms with Crippen LogP contribution in [0.1, 0.15) is 13.8 Å². The summed E-state index contributed by atoms with van der Waals surface area (Å²) in [7, 11) is 0. The van der Waals surface area contributed by atoms with Gasteiger partial charge in [-0.15, -0.1) is 0 Å². The molecule has 1 atom stereocenters. The van der Waals surface area contributed by atoms with Gasteiger partial charge in [-0.25, -0.2) is 9.59 Å². The summed E-state index contributed by atoms with van der Waals surface area (Å²) in [6.45, 7) is 1.90. The van der Waals surface area contributed by atoms with Gasteiger partial charge in [0, 0.05) is 19.6 Å². The molecule has 0 unspecified atom stereocenters. The Kier molecular flexibility index (Phi) is 8.34. The molecule has 0 bridgehead atoms. The second-order valence-corrected chi connectivity index (χ2v) is 5.40. The van der Waals surface area contributed by atoms with Crippen LogP contribution in [0.3, 0.4) is 0 Å². The molecule has 0 aliphatic heterocycles. The Bertz CT molecular complexity index is 591. The minimum Gasteiger partial charge on any atom is -0.428 e. The first-order chi connectivity index (χ1) is 11.4. The highest BCUT2D eigenvalue weighted by molar-refractivity contribution is 8.13. The predicted octanol–water partition coefficient (Wildman–Crippen LogP) is 1.49. The third-order valence-electron chi connectivity index (χ3n) is 2.43. The zero-order valence-corrected chi connectivity index (χ0v) is 14.0. The van der Waals surface area contributed by atoms with Crippen molar-refractivity contribution in [3.8, 4) is 5.75 Å². The van der Waals surface area contributed by atoms with Crippen molar-refractivity contribution in [2.75, 3.05) is 12.5 Å². The lowest BCUT2D eigenvalue weighted by molar-refractivity contribution is -0.148. The lowest BCUT2D eigenvalue weighted by atomic mass is 10.3. The van der Waals surface area contributed by atoms with Gasteiger partial charge >= 0.3 is 17.2 Å². The minimum absolute atomic E-state index is 0.0931. The molecular formula is C15H17NO7S. The van der Waals surface area contributed by atoms with Crippen LogP contribution in [-0.2, 0) is 23.9 Å². The zero-order chi connectivity index (χ0) is 17.9. The van der Waals surface area contributed by atoms with Crippen molar-refractivity contribution >= 4 is 34.9 Å². The van der Waals surface area contributed by atoms with Crippen LogP contribution < -0.4 is 10.1 Å². The highest BCUT2D eigenvalue weighted by Crippen LogP contribution is 2.12. The molecule has 1 amide bonds. The lowest BCUT2D eigenvalue weighted by Crippen LogP contribution is -2.44. The van der Waals surface area contributed by atoms with Crippen molar-refractivity contribution in [1.29, 1.82) is 0 Å². The summed E-state index contributed by atoms with van der Waals surface area (Å²) in [5.74, 6) is -1.52. The number of carbonyl (C=O) groups is 4. The number of ether oxygens (including phenoxy) is 3. The molecule has 1 aromatic carbocycles. The molecule has 1 aromatic rings. The van der Waals surface area contributed by atoms with E-state index >= 15 is 0 Å². The van der Waals surface area contributed by atoms with E-state index in [1.165, 1.54) is 13.8 Å². The number of hydrogen-bond acceptors (Lipinski definition) is 8. The van der Waals surface area contributed by atoms with E-state index in [0.29, 0.717) is 17.5 Å². The lowest BCUT2D eigenvalue weighted by Gasteiger charge is -2.15. The number of carbonyl (C=O) groups excluding carboxylic acids is 4. The van der Waals surface area contributed by atoms with E-state index < -0.39 is 36.0 Å². The van der Waals surface area contributed by atoms with E-state index in [9.17, 15) is 19.2 Å². The van der Waals surface area contributed by atoms with Crippen LogP contribution >= 0.6 is 11.8 Å². The summed E-state index contributed by atoms with van der Waals surface area (Å²) in [6.07, 6.45) is 0. The van der Waals surface area contributed by atoms with Crippen molar-refractivity contribution in [1.82, 2.24) is 5.32 Å². The Morgan fingerprint density at radius 1 is 1.08 bits per heavy atom. The molecule has 0 heterocycles. The summed E-state index contributed by atoms with van der Waals surface area (Å²) in [5, 5.41) is 1.65. The number of hydrogen-bond donors (Lipinski definition) is 1. The number of benzene rings is 1. The summed E-state index contributed by atoms with van der Waals surface area (Å²) < 4.78 is 14.2. The summed E-state index contributed by atoms with van der Waals surface area (Å²) in [5.41, 5.74) is 0. The molecule has 24 heavy (non-hydrogen) atoms. The van der Waals surface area contributed by atoms with Crippen LogP contribution in [0.25, 0.3) is 0 Å². The number of para-hydroxylation sites is 1. The number of nitrogens with one attached hydrogen (secondary N) is 1. The van der Waals surface area contributed by atoms with E-state index in [-0.39, 0.29) is 5.75 Å². The summed E-state index contributed by atoms with van der Waals surface area (Å²) in [4.78, 5) is 45.3.